The lowest BCUT2D eigenvalue weighted by molar-refractivity contribution is 0.0945. The van der Waals surface area contributed by atoms with Gasteiger partial charge in [-0.1, -0.05) is 28.9 Å². The standard InChI is InChI=1S/C19H17N3O4/c1-12-3-2-4-13(9-12)18-21-17(26-22-18)11-20-19(23)14-5-6-15-16(10-14)25-8-7-24-15/h2-6,9-10H,7-8,11H2,1H3,(H,20,23). The predicted molar refractivity (Wildman–Crippen MR) is 93.1 cm³/mol. The zero-order chi connectivity index (χ0) is 17.9. The molecule has 0 radical (unpaired) electrons. The third-order valence-electron chi connectivity index (χ3n) is 3.95. The lowest BCUT2D eigenvalue weighted by Gasteiger charge is -2.18. The molecule has 1 amide bonds. The van der Waals surface area contributed by atoms with Gasteiger partial charge in [-0.25, -0.2) is 0 Å². The fourth-order valence-corrected chi connectivity index (χ4v) is 2.67. The summed E-state index contributed by atoms with van der Waals surface area (Å²) in [5.74, 6) is 1.80. The lowest BCUT2D eigenvalue weighted by Crippen LogP contribution is -2.23. The molecule has 7 nitrogen and oxygen atoms in total. The second-order valence-electron chi connectivity index (χ2n) is 5.92. The van der Waals surface area contributed by atoms with Crippen molar-refractivity contribution in [3.05, 3.63) is 59.5 Å². The third-order valence-corrected chi connectivity index (χ3v) is 3.95. The molecular weight excluding hydrogens is 334 g/mol. The molecule has 132 valence electrons. The number of hydrogen-bond donors (Lipinski definition) is 1. The van der Waals surface area contributed by atoms with E-state index in [1.807, 2.05) is 31.2 Å². The zero-order valence-electron chi connectivity index (χ0n) is 14.2. The van der Waals surface area contributed by atoms with Gasteiger partial charge >= 0.3 is 0 Å². The van der Waals surface area contributed by atoms with E-state index in [2.05, 4.69) is 15.5 Å². The van der Waals surface area contributed by atoms with Crippen LogP contribution in [0.3, 0.4) is 0 Å². The van der Waals surface area contributed by atoms with Gasteiger partial charge in [0.2, 0.25) is 11.7 Å². The van der Waals surface area contributed by atoms with E-state index in [1.54, 1.807) is 18.2 Å². The minimum Gasteiger partial charge on any atom is -0.486 e. The Morgan fingerprint density at radius 2 is 1.96 bits per heavy atom. The molecule has 2 aromatic carbocycles. The Hall–Kier alpha value is -3.35. The number of rotatable bonds is 4. The molecule has 0 fully saturated rings. The molecule has 1 aliphatic rings. The van der Waals surface area contributed by atoms with Crippen LogP contribution in [0.2, 0.25) is 0 Å². The number of aromatic nitrogens is 2. The highest BCUT2D eigenvalue weighted by Crippen LogP contribution is 2.30. The summed E-state index contributed by atoms with van der Waals surface area (Å²) in [6.07, 6.45) is 0. The van der Waals surface area contributed by atoms with Crippen molar-refractivity contribution in [1.29, 1.82) is 0 Å². The van der Waals surface area contributed by atoms with Crippen molar-refractivity contribution >= 4 is 5.91 Å². The summed E-state index contributed by atoms with van der Waals surface area (Å²) in [7, 11) is 0. The fraction of sp³-hybridized carbons (Fsp3) is 0.211. The first-order valence-corrected chi connectivity index (χ1v) is 8.26. The van der Waals surface area contributed by atoms with Crippen LogP contribution >= 0.6 is 0 Å². The Bertz CT molecular complexity index is 951. The van der Waals surface area contributed by atoms with Gasteiger partial charge in [-0.2, -0.15) is 4.98 Å². The van der Waals surface area contributed by atoms with Crippen LogP contribution in [0.25, 0.3) is 11.4 Å². The van der Waals surface area contributed by atoms with Gasteiger partial charge in [-0.15, -0.1) is 0 Å². The summed E-state index contributed by atoms with van der Waals surface area (Å²) in [4.78, 5) is 16.6. The number of ether oxygens (including phenoxy) is 2. The predicted octanol–water partition coefficient (Wildman–Crippen LogP) is 2.75. The van der Waals surface area contributed by atoms with Crippen molar-refractivity contribution in [2.75, 3.05) is 13.2 Å². The molecule has 1 aliphatic heterocycles. The van der Waals surface area contributed by atoms with Crippen LogP contribution in [0.15, 0.2) is 47.0 Å². The van der Waals surface area contributed by atoms with Gasteiger partial charge in [-0.3, -0.25) is 4.79 Å². The van der Waals surface area contributed by atoms with E-state index in [1.165, 1.54) is 0 Å². The molecule has 3 aromatic rings. The maximum atomic E-state index is 12.3. The first kappa shape index (κ1) is 16.1. The average Bonchev–Trinajstić information content (AvgIpc) is 3.15. The number of fused-ring (bicyclic) bond motifs is 1. The molecular formula is C19H17N3O4. The van der Waals surface area contributed by atoms with Crippen LogP contribution in [0.5, 0.6) is 11.5 Å². The molecule has 0 saturated heterocycles. The van der Waals surface area contributed by atoms with Crippen LogP contribution in [-0.4, -0.2) is 29.3 Å². The van der Waals surface area contributed by atoms with Crippen molar-refractivity contribution in [1.82, 2.24) is 15.5 Å². The first-order valence-electron chi connectivity index (χ1n) is 8.26. The number of aryl methyl sites for hydroxylation is 1. The largest absolute Gasteiger partial charge is 0.486 e. The second-order valence-corrected chi connectivity index (χ2v) is 5.92. The quantitative estimate of drug-likeness (QED) is 0.778. The molecule has 1 aromatic heterocycles. The van der Waals surface area contributed by atoms with Crippen molar-refractivity contribution in [2.24, 2.45) is 0 Å². The maximum Gasteiger partial charge on any atom is 0.251 e. The summed E-state index contributed by atoms with van der Waals surface area (Å²) in [6.45, 7) is 3.13. The van der Waals surface area contributed by atoms with Crippen LogP contribution in [0.1, 0.15) is 21.8 Å². The molecule has 7 heteroatoms. The average molecular weight is 351 g/mol. The molecule has 0 spiro atoms. The highest BCUT2D eigenvalue weighted by molar-refractivity contribution is 5.94. The summed E-state index contributed by atoms with van der Waals surface area (Å²) >= 11 is 0. The van der Waals surface area contributed by atoms with Gasteiger partial charge in [0.1, 0.15) is 13.2 Å². The van der Waals surface area contributed by atoms with Crippen LogP contribution < -0.4 is 14.8 Å². The minimum absolute atomic E-state index is 0.145. The topological polar surface area (TPSA) is 86.5 Å². The van der Waals surface area contributed by atoms with Gasteiger partial charge in [0.25, 0.3) is 5.91 Å². The number of amides is 1. The fourth-order valence-electron chi connectivity index (χ4n) is 2.67. The second kappa shape index (κ2) is 6.87. The first-order chi connectivity index (χ1) is 12.7. The van der Waals surface area contributed by atoms with Gasteiger partial charge < -0.3 is 19.3 Å². The summed E-state index contributed by atoms with van der Waals surface area (Å²) in [5.41, 5.74) is 2.46. The molecule has 1 N–H and O–H groups in total. The van der Waals surface area contributed by atoms with Crippen molar-refractivity contribution in [3.63, 3.8) is 0 Å². The number of nitrogens with zero attached hydrogens (tertiary/aromatic N) is 2. The smallest absolute Gasteiger partial charge is 0.251 e. The van der Waals surface area contributed by atoms with Gasteiger partial charge in [-0.05, 0) is 31.2 Å². The van der Waals surface area contributed by atoms with E-state index < -0.39 is 0 Å². The van der Waals surface area contributed by atoms with Crippen molar-refractivity contribution < 1.29 is 18.8 Å². The Balaban J connectivity index is 1.42. The van der Waals surface area contributed by atoms with E-state index in [9.17, 15) is 4.79 Å². The molecule has 0 unspecified atom stereocenters. The summed E-state index contributed by atoms with van der Waals surface area (Å²) in [6, 6.07) is 12.9. The van der Waals surface area contributed by atoms with Crippen LogP contribution in [-0.2, 0) is 6.54 Å². The van der Waals surface area contributed by atoms with E-state index in [-0.39, 0.29) is 12.5 Å². The number of carbonyl (C=O) groups is 1. The normalized spacial score (nSPS) is 12.7. The van der Waals surface area contributed by atoms with Gasteiger partial charge in [0, 0.05) is 11.1 Å². The molecule has 2 heterocycles. The van der Waals surface area contributed by atoms with Crippen molar-refractivity contribution in [2.45, 2.75) is 13.5 Å². The summed E-state index contributed by atoms with van der Waals surface area (Å²) < 4.78 is 16.2. The molecule has 0 aliphatic carbocycles. The Morgan fingerprint density at radius 3 is 2.81 bits per heavy atom. The van der Waals surface area contributed by atoms with E-state index in [0.29, 0.717) is 42.0 Å². The minimum atomic E-state index is -0.253. The maximum absolute atomic E-state index is 12.3. The van der Waals surface area contributed by atoms with Crippen LogP contribution in [0.4, 0.5) is 0 Å². The molecule has 4 rings (SSSR count). The highest BCUT2D eigenvalue weighted by atomic mass is 16.6. The lowest BCUT2D eigenvalue weighted by atomic mass is 10.1. The third kappa shape index (κ3) is 3.37. The monoisotopic (exact) mass is 351 g/mol. The molecule has 0 bridgehead atoms. The van der Waals surface area contributed by atoms with E-state index >= 15 is 0 Å². The Kier molecular flexibility index (Phi) is 4.27. The summed E-state index contributed by atoms with van der Waals surface area (Å²) in [5, 5.41) is 6.73. The number of nitrogens with one attached hydrogen (secondary N) is 1. The number of carbonyl (C=O) groups excluding carboxylic acids is 1. The Labute approximate surface area is 149 Å². The number of benzene rings is 2. The Morgan fingerprint density at radius 1 is 1.12 bits per heavy atom. The SMILES string of the molecule is Cc1cccc(-c2noc(CNC(=O)c3ccc4c(c3)OCCO4)n2)c1. The molecule has 0 saturated carbocycles. The van der Waals surface area contributed by atoms with E-state index in [4.69, 9.17) is 14.0 Å². The zero-order valence-corrected chi connectivity index (χ0v) is 14.2. The molecule has 26 heavy (non-hydrogen) atoms. The van der Waals surface area contributed by atoms with Crippen LogP contribution in [0, 0.1) is 6.92 Å². The highest BCUT2D eigenvalue weighted by Gasteiger charge is 2.16. The number of hydrogen-bond acceptors (Lipinski definition) is 6. The molecule has 0 atom stereocenters. The van der Waals surface area contributed by atoms with E-state index in [0.717, 1.165) is 11.1 Å². The van der Waals surface area contributed by atoms with Gasteiger partial charge in [0.05, 0.1) is 6.54 Å². The van der Waals surface area contributed by atoms with Gasteiger partial charge in [0.15, 0.2) is 11.5 Å². The van der Waals surface area contributed by atoms with Crippen molar-refractivity contribution in [3.8, 4) is 22.9 Å².